The third-order valence-electron chi connectivity index (χ3n) is 4.06. The van der Waals surface area contributed by atoms with Gasteiger partial charge in [-0.25, -0.2) is 0 Å². The van der Waals surface area contributed by atoms with Gasteiger partial charge < -0.3 is 0 Å². The quantitative estimate of drug-likeness (QED) is 0.186. The summed E-state index contributed by atoms with van der Waals surface area (Å²) in [5.74, 6) is 0. The van der Waals surface area contributed by atoms with Crippen LogP contribution in [-0.2, 0) is 0 Å². The van der Waals surface area contributed by atoms with Gasteiger partial charge in [0.05, 0.1) is 0 Å². The van der Waals surface area contributed by atoms with E-state index in [4.69, 9.17) is 0 Å². The van der Waals surface area contributed by atoms with E-state index in [0.29, 0.717) is 0 Å². The molecule has 0 heterocycles. The maximum atomic E-state index is 2.30. The van der Waals surface area contributed by atoms with Gasteiger partial charge in [0.15, 0.2) is 0 Å². The fourth-order valence-corrected chi connectivity index (χ4v) is 3.81. The Morgan fingerprint density at radius 1 is 0.421 bits per heavy atom. The molecule has 0 unspecified atom stereocenters. The summed E-state index contributed by atoms with van der Waals surface area (Å²) >= 11 is 1.23. The summed E-state index contributed by atoms with van der Waals surface area (Å²) in [6.45, 7) is 2.30. The molecule has 0 aromatic rings. The van der Waals surface area contributed by atoms with E-state index >= 15 is 0 Å². The zero-order chi connectivity index (χ0) is 14.0. The van der Waals surface area contributed by atoms with Gasteiger partial charge in [-0.1, -0.05) is 39.0 Å². The van der Waals surface area contributed by atoms with Crippen LogP contribution in [0.25, 0.3) is 0 Å². The molecule has 0 atom stereocenters. The third kappa shape index (κ3) is 18.9. The first-order valence-corrected chi connectivity index (χ1v) is 12.3. The molecule has 0 fully saturated rings. The Hall–Kier alpha value is 0.883. The Balaban J connectivity index is 2.88. The van der Waals surface area contributed by atoms with Gasteiger partial charge in [-0.05, 0) is 0 Å². The van der Waals surface area contributed by atoms with Crippen LogP contribution in [0.1, 0.15) is 110 Å². The van der Waals surface area contributed by atoms with Crippen molar-refractivity contribution in [1.29, 1.82) is 0 Å². The molecule has 116 valence electrons. The molecule has 0 amide bonds. The van der Waals surface area contributed by atoms with Crippen molar-refractivity contribution in [2.24, 2.45) is 0 Å². The van der Waals surface area contributed by atoms with Gasteiger partial charge in [0.1, 0.15) is 0 Å². The van der Waals surface area contributed by atoms with Crippen LogP contribution in [0.4, 0.5) is 0 Å². The predicted octanol–water partition coefficient (Wildman–Crippen LogP) is 6.30. The molecule has 1 heteroatoms. The van der Waals surface area contributed by atoms with E-state index in [1.165, 1.54) is 127 Å². The molecule has 0 spiro atoms. The molecule has 0 saturated heterocycles. The van der Waals surface area contributed by atoms with Gasteiger partial charge in [-0.15, -0.1) is 0 Å². The second kappa shape index (κ2) is 18.9. The second-order valence-electron chi connectivity index (χ2n) is 6.09. The Kier molecular flexibility index (Phi) is 19.8. The van der Waals surface area contributed by atoms with Crippen molar-refractivity contribution in [3.05, 3.63) is 0 Å². The zero-order valence-electron chi connectivity index (χ0n) is 13.6. The van der Waals surface area contributed by atoms with Gasteiger partial charge in [-0.3, -0.25) is 0 Å². The van der Waals surface area contributed by atoms with E-state index in [1.807, 2.05) is 0 Å². The van der Waals surface area contributed by atoms with Crippen LogP contribution in [0, 0.1) is 0 Å². The van der Waals surface area contributed by atoms with Crippen LogP contribution in [0.2, 0.25) is 4.13 Å². The van der Waals surface area contributed by atoms with E-state index in [1.54, 1.807) is 4.13 Å². The van der Waals surface area contributed by atoms with Crippen molar-refractivity contribution in [2.45, 2.75) is 114 Å². The van der Waals surface area contributed by atoms with Gasteiger partial charge in [0.25, 0.3) is 0 Å². The average Bonchev–Trinajstić information content (AvgIpc) is 2.43. The normalized spacial score (nSPS) is 11.1. The van der Waals surface area contributed by atoms with Gasteiger partial charge in [0, 0.05) is 0 Å². The minimum atomic E-state index is 1.23. The molecule has 0 aliphatic rings. The first-order chi connectivity index (χ1) is 9.41. The van der Waals surface area contributed by atoms with E-state index in [-0.39, 0.29) is 0 Å². The fourth-order valence-electron chi connectivity index (χ4n) is 2.69. The molecule has 0 aliphatic heterocycles. The Bertz CT molecular complexity index is 129. The molecule has 0 nitrogen and oxygen atoms in total. The predicted molar refractivity (Wildman–Crippen MR) is 92.9 cm³/mol. The van der Waals surface area contributed by atoms with Crippen molar-refractivity contribution in [3.8, 4) is 0 Å². The summed E-state index contributed by atoms with van der Waals surface area (Å²) in [6.07, 6.45) is 23.8. The molecule has 0 rings (SSSR count). The van der Waals surface area contributed by atoms with Crippen molar-refractivity contribution in [2.75, 3.05) is 0 Å². The number of unbranched alkanes of at least 4 members (excludes halogenated alkanes) is 15. The van der Waals surface area contributed by atoms with Crippen LogP contribution in [0.5, 0.6) is 0 Å². The van der Waals surface area contributed by atoms with Crippen LogP contribution < -0.4 is 0 Å². The van der Waals surface area contributed by atoms with Crippen molar-refractivity contribution >= 4 is 24.7 Å². The standard InChI is InChI=1S/C18H37.Bi.2H/c1-3-5-7-9-11-13-15-17-18-16-14-12-10-8-6-4-2;;;/h1,3-18H2,2H3;;;. The van der Waals surface area contributed by atoms with Crippen LogP contribution >= 0.6 is 0 Å². The van der Waals surface area contributed by atoms with E-state index in [2.05, 4.69) is 6.92 Å². The van der Waals surface area contributed by atoms with Gasteiger partial charge in [-0.2, -0.15) is 0 Å². The molecule has 19 heavy (non-hydrogen) atoms. The Morgan fingerprint density at radius 3 is 0.947 bits per heavy atom. The fraction of sp³-hybridized carbons (Fsp3) is 1.00. The first kappa shape index (κ1) is 19.9. The maximum absolute atomic E-state index is 2.30. The molecule has 0 aromatic carbocycles. The minimum absolute atomic E-state index is 1.23. The van der Waals surface area contributed by atoms with E-state index in [9.17, 15) is 0 Å². The molecule has 0 bridgehead atoms. The number of hydrogen-bond acceptors (Lipinski definition) is 0. The van der Waals surface area contributed by atoms with Gasteiger partial charge >= 0.3 is 99.5 Å². The van der Waals surface area contributed by atoms with Crippen LogP contribution in [0.3, 0.4) is 0 Å². The average molecular weight is 464 g/mol. The van der Waals surface area contributed by atoms with Crippen LogP contribution in [-0.4, -0.2) is 24.7 Å². The van der Waals surface area contributed by atoms with Crippen LogP contribution in [0.15, 0.2) is 0 Å². The molecule has 0 radical (unpaired) electrons. The third-order valence-corrected chi connectivity index (χ3v) is 5.64. The van der Waals surface area contributed by atoms with E-state index in [0.717, 1.165) is 0 Å². The monoisotopic (exact) mass is 464 g/mol. The second-order valence-corrected chi connectivity index (χ2v) is 8.34. The first-order valence-electron chi connectivity index (χ1n) is 9.12. The SMILES string of the molecule is CCCCCCCCCCCCCCCCC[CH2][BiH2]. The number of hydrogen-bond donors (Lipinski definition) is 0. The topological polar surface area (TPSA) is 0 Å². The van der Waals surface area contributed by atoms with Crippen molar-refractivity contribution in [3.63, 3.8) is 0 Å². The summed E-state index contributed by atoms with van der Waals surface area (Å²) in [6, 6.07) is 0. The van der Waals surface area contributed by atoms with Gasteiger partial charge in [0.2, 0.25) is 0 Å². The Labute approximate surface area is 138 Å². The summed E-state index contributed by atoms with van der Waals surface area (Å²) in [4.78, 5) is 0. The molecule has 0 saturated carbocycles. The molecular formula is C18H39Bi. The Morgan fingerprint density at radius 2 is 0.684 bits per heavy atom. The zero-order valence-corrected chi connectivity index (χ0v) is 18.1. The summed E-state index contributed by atoms with van der Waals surface area (Å²) in [7, 11) is 0. The molecule has 0 aliphatic carbocycles. The summed E-state index contributed by atoms with van der Waals surface area (Å²) in [5.41, 5.74) is 0. The molecule has 0 N–H and O–H groups in total. The van der Waals surface area contributed by atoms with E-state index < -0.39 is 0 Å². The number of rotatable bonds is 16. The molecule has 0 aromatic heterocycles. The van der Waals surface area contributed by atoms with Crippen molar-refractivity contribution in [1.82, 2.24) is 0 Å². The summed E-state index contributed by atoms with van der Waals surface area (Å²) < 4.78 is 1.54. The van der Waals surface area contributed by atoms with Crippen molar-refractivity contribution < 1.29 is 0 Å². The molecular weight excluding hydrogens is 425 g/mol. The summed E-state index contributed by atoms with van der Waals surface area (Å²) in [5, 5.41) is 0.